The van der Waals surface area contributed by atoms with Crippen LogP contribution in [-0.4, -0.2) is 108 Å². The van der Waals surface area contributed by atoms with Gasteiger partial charge in [-0.25, -0.2) is 18.0 Å². The molecule has 0 bridgehead atoms. The number of nitrogens with two attached hydrogens (primary N) is 1. The molecule has 5 aliphatic rings. The monoisotopic (exact) mass is 994 g/mol. The fourth-order valence-corrected chi connectivity index (χ4v) is 12.1. The van der Waals surface area contributed by atoms with E-state index in [2.05, 4.69) is 37.7 Å². The molecule has 374 valence electrons. The number of hydrogen-bond acceptors (Lipinski definition) is 9. The van der Waals surface area contributed by atoms with Crippen LogP contribution in [0.5, 0.6) is 11.5 Å². The van der Waals surface area contributed by atoms with Gasteiger partial charge in [0, 0.05) is 91.7 Å². The predicted octanol–water partition coefficient (Wildman–Crippen LogP) is 8.09. The van der Waals surface area contributed by atoms with Crippen LogP contribution in [0.15, 0.2) is 66.7 Å². The number of fused-ring (bicyclic) bond motifs is 2. The highest BCUT2D eigenvalue weighted by molar-refractivity contribution is 6.34. The minimum Gasteiger partial charge on any atom is -0.488 e. The smallest absolute Gasteiger partial charge is 0.329 e. The van der Waals surface area contributed by atoms with E-state index in [9.17, 15) is 23.6 Å². The second-order valence-corrected chi connectivity index (χ2v) is 20.1. The maximum absolute atomic E-state index is 16.4. The first-order valence-corrected chi connectivity index (χ1v) is 25.1. The molecule has 1 aromatic heterocycles. The molecule has 10 rings (SSSR count). The molecular weight excluding hydrogens is 937 g/mol. The number of nitrogens with zero attached hydrogens (tertiary/aromatic N) is 5. The number of benzene rings is 4. The summed E-state index contributed by atoms with van der Waals surface area (Å²) in [4.78, 5) is 57.3. The number of primary amides is 1. The minimum atomic E-state index is -1.12. The van der Waals surface area contributed by atoms with Gasteiger partial charge in [0.1, 0.15) is 24.8 Å². The van der Waals surface area contributed by atoms with Crippen LogP contribution >= 0.6 is 11.6 Å². The predicted molar refractivity (Wildman–Crippen MR) is 262 cm³/mol. The van der Waals surface area contributed by atoms with Crippen molar-refractivity contribution >= 4 is 52.1 Å². The number of amides is 5. The first kappa shape index (κ1) is 48.5. The van der Waals surface area contributed by atoms with Gasteiger partial charge < -0.3 is 25.4 Å². The molecule has 3 atom stereocenters. The van der Waals surface area contributed by atoms with Crippen molar-refractivity contribution < 1.29 is 41.8 Å². The van der Waals surface area contributed by atoms with Gasteiger partial charge in [-0.05, 0) is 99.3 Å². The first-order valence-electron chi connectivity index (χ1n) is 24.7. The number of alkyl halides is 1. The number of ether oxygens (including phenoxy) is 2. The van der Waals surface area contributed by atoms with Crippen molar-refractivity contribution in [2.45, 2.75) is 87.8 Å². The third kappa shape index (κ3) is 8.98. The van der Waals surface area contributed by atoms with E-state index in [-0.39, 0.29) is 64.9 Å². The summed E-state index contributed by atoms with van der Waals surface area (Å²) < 4.78 is 59.3. The zero-order valence-electron chi connectivity index (χ0n) is 39.8. The van der Waals surface area contributed by atoms with Crippen molar-refractivity contribution in [3.63, 3.8) is 0 Å². The Bertz CT molecular complexity index is 2890. The number of nitrogens with one attached hydrogen (secondary N) is 2. The molecule has 14 nitrogen and oxygen atoms in total. The van der Waals surface area contributed by atoms with Gasteiger partial charge >= 0.3 is 6.03 Å². The number of carbonyl (C=O) groups excluding carboxylic acids is 4. The van der Waals surface area contributed by atoms with E-state index >= 15 is 8.78 Å². The first-order chi connectivity index (χ1) is 34.3. The number of anilines is 1. The fraction of sp³-hybridized carbons (Fsp3) is 0.453. The topological polar surface area (TPSA) is 164 Å². The van der Waals surface area contributed by atoms with Crippen LogP contribution in [0.3, 0.4) is 0 Å². The standard InChI is InChI=1S/C53H58ClF3N8O6/c1-30-44-42(27-39(56)47(54)46(44)45-38(49(58)67)14-15-41(48(45)57)70-25-20-55)71-53(30,34-6-4-3-5-7-34)29-59-35-11-8-32(9-12-35)51(68)64-23-18-36(28-64)63-21-16-31(17-22-63)33-10-13-37-40(26-33)62(2)61-50(37)65-24-19-43(66)60-52(65)69/h3-7,10,13-15,26-27,30-32,35-36,59H,8-9,11-12,16-25,28-29H2,1-2H3,(H2,58,67)(H,60,66,69)/t30-,32?,35?,36-,53-/m0/s1. The summed E-state index contributed by atoms with van der Waals surface area (Å²) in [7, 11) is 1.88. The van der Waals surface area contributed by atoms with Crippen molar-refractivity contribution in [2.24, 2.45) is 18.7 Å². The third-order valence-electron chi connectivity index (χ3n) is 15.8. The summed E-state index contributed by atoms with van der Waals surface area (Å²) in [6, 6.07) is 19.4. The fourth-order valence-electron chi connectivity index (χ4n) is 11.9. The molecular formula is C53H58ClF3N8O6. The molecule has 0 radical (unpaired) electrons. The van der Waals surface area contributed by atoms with Crippen LogP contribution in [0.4, 0.5) is 23.8 Å². The van der Waals surface area contributed by atoms with Gasteiger partial charge in [0.15, 0.2) is 23.0 Å². The minimum absolute atomic E-state index is 0.0542. The largest absolute Gasteiger partial charge is 0.488 e. The number of halogens is 4. The third-order valence-corrected chi connectivity index (χ3v) is 16.1. The Morgan fingerprint density at radius 2 is 1.72 bits per heavy atom. The molecule has 5 heterocycles. The Hall–Kier alpha value is -6.17. The quantitative estimate of drug-likeness (QED) is 0.106. The number of aryl methyl sites for hydroxylation is 1. The highest BCUT2D eigenvalue weighted by Gasteiger charge is 2.50. The molecule has 5 aromatic rings. The summed E-state index contributed by atoms with van der Waals surface area (Å²) in [5.41, 5.74) is 7.31. The van der Waals surface area contributed by atoms with Gasteiger partial charge in [-0.15, -0.1) is 0 Å². The lowest BCUT2D eigenvalue weighted by Gasteiger charge is -2.38. The van der Waals surface area contributed by atoms with Crippen LogP contribution in [-0.2, 0) is 22.2 Å². The Kier molecular flexibility index (Phi) is 13.5. The maximum atomic E-state index is 16.4. The Balaban J connectivity index is 0.767. The summed E-state index contributed by atoms with van der Waals surface area (Å²) in [5.74, 6) is -2.85. The van der Waals surface area contributed by atoms with E-state index in [1.807, 2.05) is 50.4 Å². The highest BCUT2D eigenvalue weighted by atomic mass is 35.5. The molecule has 4 aliphatic heterocycles. The van der Waals surface area contributed by atoms with Crippen molar-refractivity contribution in [3.05, 3.63) is 106 Å². The van der Waals surface area contributed by atoms with Crippen molar-refractivity contribution in [1.82, 2.24) is 30.2 Å². The summed E-state index contributed by atoms with van der Waals surface area (Å²) in [6.07, 6.45) is 6.17. The number of imide groups is 1. The molecule has 4 fully saturated rings. The van der Waals surface area contributed by atoms with Gasteiger partial charge in [-0.2, -0.15) is 5.10 Å². The molecule has 0 unspecified atom stereocenters. The van der Waals surface area contributed by atoms with E-state index in [0.717, 1.165) is 87.6 Å². The Labute approximate surface area is 414 Å². The van der Waals surface area contributed by atoms with Crippen molar-refractivity contribution in [1.29, 1.82) is 0 Å². The molecule has 1 saturated carbocycles. The van der Waals surface area contributed by atoms with E-state index in [1.165, 1.54) is 28.7 Å². The van der Waals surface area contributed by atoms with E-state index in [1.54, 1.807) is 4.68 Å². The van der Waals surface area contributed by atoms with Gasteiger partial charge in [-0.1, -0.05) is 54.9 Å². The number of urea groups is 1. The van der Waals surface area contributed by atoms with Crippen LogP contribution in [0.1, 0.15) is 97.2 Å². The number of likely N-dealkylation sites (tertiary alicyclic amines) is 2. The van der Waals surface area contributed by atoms with Crippen LogP contribution in [0.25, 0.3) is 22.0 Å². The molecule has 0 spiro atoms. The normalized spacial score (nSPS) is 24.0. The molecule has 4 N–H and O–H groups in total. The average molecular weight is 996 g/mol. The SMILES string of the molecule is C[C@H]1c2c(cc(F)c(Cl)c2-c2c(C(N)=O)ccc(OCCF)c2F)O[C@]1(CNC1CCC(C(=O)N2CC[C@H](N3CCC(c4ccc5c(N6CCC(=O)NC6=O)nn(C)c5c4)CC3)C2)CC1)c1ccccc1. The Morgan fingerprint density at radius 1 is 0.958 bits per heavy atom. The van der Waals surface area contributed by atoms with Crippen molar-refractivity contribution in [3.8, 4) is 22.6 Å². The molecule has 1 aliphatic carbocycles. The lowest BCUT2D eigenvalue weighted by atomic mass is 9.77. The van der Waals surface area contributed by atoms with E-state index in [4.69, 9.17) is 26.8 Å². The van der Waals surface area contributed by atoms with Gasteiger partial charge in [0.25, 0.3) is 0 Å². The van der Waals surface area contributed by atoms with Gasteiger partial charge in [0.2, 0.25) is 17.7 Å². The zero-order chi connectivity index (χ0) is 49.7. The Morgan fingerprint density at radius 3 is 2.44 bits per heavy atom. The lowest BCUT2D eigenvalue weighted by Crippen LogP contribution is -2.49. The number of rotatable bonds is 13. The number of aromatic nitrogens is 2. The second kappa shape index (κ2) is 19.8. The number of carbonyl (C=O) groups is 4. The molecule has 3 saturated heterocycles. The second-order valence-electron chi connectivity index (χ2n) is 19.7. The lowest BCUT2D eigenvalue weighted by molar-refractivity contribution is -0.135. The molecule has 4 aromatic carbocycles. The van der Waals surface area contributed by atoms with Crippen molar-refractivity contribution in [2.75, 3.05) is 57.4 Å². The van der Waals surface area contributed by atoms with Gasteiger partial charge in [-0.3, -0.25) is 34.2 Å². The molecule has 5 amide bonds. The summed E-state index contributed by atoms with van der Waals surface area (Å²) in [6.45, 7) is 4.51. The average Bonchev–Trinajstić information content (AvgIpc) is 4.08. The summed E-state index contributed by atoms with van der Waals surface area (Å²) >= 11 is 6.71. The van der Waals surface area contributed by atoms with Gasteiger partial charge in [0.05, 0.1) is 16.1 Å². The van der Waals surface area contributed by atoms with E-state index < -0.39 is 53.4 Å². The van der Waals surface area contributed by atoms with E-state index in [0.29, 0.717) is 29.9 Å². The number of hydrogen-bond donors (Lipinski definition) is 3. The summed E-state index contributed by atoms with van der Waals surface area (Å²) in [5, 5.41) is 11.2. The molecule has 18 heteroatoms. The maximum Gasteiger partial charge on any atom is 0.329 e. The van der Waals surface area contributed by atoms with Crippen LogP contribution in [0.2, 0.25) is 5.02 Å². The number of piperidine rings is 1. The zero-order valence-corrected chi connectivity index (χ0v) is 40.6. The molecule has 71 heavy (non-hydrogen) atoms. The highest BCUT2D eigenvalue weighted by Crippen LogP contribution is 2.56. The van der Waals surface area contributed by atoms with Crippen LogP contribution in [0, 0.1) is 17.6 Å². The van der Waals surface area contributed by atoms with Crippen LogP contribution < -0.4 is 30.7 Å².